The molecule has 1 aromatic rings. The molecule has 3 heteroatoms. The Morgan fingerprint density at radius 1 is 1.36 bits per heavy atom. The first kappa shape index (κ1) is 9.06. The molecule has 0 radical (unpaired) electrons. The van der Waals surface area contributed by atoms with E-state index in [1.165, 1.54) is 0 Å². The minimum Gasteiger partial charge on any atom is -0.444 e. The maximum atomic E-state index is 11.1. The highest BCUT2D eigenvalue weighted by Crippen LogP contribution is 2.26. The Morgan fingerprint density at radius 2 is 2.07 bits per heavy atom. The molecule has 1 saturated heterocycles. The second kappa shape index (κ2) is 3.70. The van der Waals surface area contributed by atoms with E-state index in [2.05, 4.69) is 5.32 Å². The molecule has 1 amide bonds. The number of hydrogen-bond donors (Lipinski definition) is 1. The Morgan fingerprint density at radius 3 is 2.71 bits per heavy atom. The zero-order valence-electron chi connectivity index (χ0n) is 8.07. The van der Waals surface area contributed by atoms with Gasteiger partial charge in [-0.3, -0.25) is 0 Å². The van der Waals surface area contributed by atoms with E-state index in [4.69, 9.17) is 4.74 Å². The lowest BCUT2D eigenvalue weighted by atomic mass is 10.0. The number of benzene rings is 1. The van der Waals surface area contributed by atoms with Crippen molar-refractivity contribution in [3.8, 4) is 0 Å². The fraction of sp³-hybridized carbons (Fsp3) is 0.364. The maximum absolute atomic E-state index is 11.1. The van der Waals surface area contributed by atoms with Gasteiger partial charge in [0.1, 0.15) is 6.10 Å². The van der Waals surface area contributed by atoms with Crippen LogP contribution in [0.3, 0.4) is 0 Å². The SMILES string of the molecule is CC[C@@H]1OC(=O)N[C@H]1c1ccccc1. The third-order valence-electron chi connectivity index (χ3n) is 2.46. The van der Waals surface area contributed by atoms with Crippen LogP contribution in [0.25, 0.3) is 0 Å². The molecule has 0 bridgehead atoms. The summed E-state index contributed by atoms with van der Waals surface area (Å²) in [4.78, 5) is 11.1. The minimum absolute atomic E-state index is 0.00806. The number of hydrogen-bond acceptors (Lipinski definition) is 2. The zero-order chi connectivity index (χ0) is 9.97. The van der Waals surface area contributed by atoms with Crippen molar-refractivity contribution in [3.05, 3.63) is 35.9 Å². The van der Waals surface area contributed by atoms with Gasteiger partial charge in [-0.1, -0.05) is 37.3 Å². The lowest BCUT2D eigenvalue weighted by Crippen LogP contribution is -2.22. The standard InChI is InChI=1S/C11H13NO2/c1-2-9-10(12-11(13)14-9)8-6-4-3-5-7-8/h3-7,9-10H,2H2,1H3,(H,12,13)/t9-,10-/m0/s1. The highest BCUT2D eigenvalue weighted by molar-refractivity contribution is 5.70. The van der Waals surface area contributed by atoms with Crippen LogP contribution < -0.4 is 5.32 Å². The van der Waals surface area contributed by atoms with Crippen LogP contribution in [0.15, 0.2) is 30.3 Å². The Labute approximate surface area is 83.1 Å². The molecule has 2 atom stereocenters. The van der Waals surface area contributed by atoms with Crippen molar-refractivity contribution in [2.75, 3.05) is 0 Å². The van der Waals surface area contributed by atoms with Crippen molar-refractivity contribution in [2.24, 2.45) is 0 Å². The molecule has 0 unspecified atom stereocenters. The number of cyclic esters (lactones) is 1. The summed E-state index contributed by atoms with van der Waals surface area (Å²) < 4.78 is 5.13. The van der Waals surface area contributed by atoms with Crippen LogP contribution >= 0.6 is 0 Å². The molecule has 74 valence electrons. The van der Waals surface area contributed by atoms with E-state index in [9.17, 15) is 4.79 Å². The molecule has 0 saturated carbocycles. The summed E-state index contributed by atoms with van der Waals surface area (Å²) >= 11 is 0. The number of carbonyl (C=O) groups excluding carboxylic acids is 1. The molecule has 1 heterocycles. The van der Waals surface area contributed by atoms with Gasteiger partial charge in [0.05, 0.1) is 6.04 Å². The van der Waals surface area contributed by atoms with E-state index < -0.39 is 0 Å². The first-order valence-electron chi connectivity index (χ1n) is 4.83. The lowest BCUT2D eigenvalue weighted by Gasteiger charge is -2.14. The van der Waals surface area contributed by atoms with Crippen molar-refractivity contribution in [3.63, 3.8) is 0 Å². The largest absolute Gasteiger partial charge is 0.444 e. The van der Waals surface area contributed by atoms with Crippen molar-refractivity contribution >= 4 is 6.09 Å². The summed E-state index contributed by atoms with van der Waals surface area (Å²) in [5.41, 5.74) is 1.10. The van der Waals surface area contributed by atoms with Crippen molar-refractivity contribution in [1.29, 1.82) is 0 Å². The Bertz CT molecular complexity index is 323. The summed E-state index contributed by atoms with van der Waals surface area (Å²) in [5.74, 6) is 0. The fourth-order valence-electron chi connectivity index (χ4n) is 1.74. The van der Waals surface area contributed by atoms with Gasteiger partial charge in [0.25, 0.3) is 0 Å². The first-order chi connectivity index (χ1) is 6.81. The third-order valence-corrected chi connectivity index (χ3v) is 2.46. The monoisotopic (exact) mass is 191 g/mol. The molecule has 0 aliphatic carbocycles. The molecule has 2 rings (SSSR count). The summed E-state index contributed by atoms with van der Waals surface area (Å²) in [6.07, 6.45) is 0.480. The lowest BCUT2D eigenvalue weighted by molar-refractivity contribution is 0.129. The highest BCUT2D eigenvalue weighted by atomic mass is 16.6. The topological polar surface area (TPSA) is 38.3 Å². The van der Waals surface area contributed by atoms with Crippen LogP contribution in [0.1, 0.15) is 24.9 Å². The number of ether oxygens (including phenoxy) is 1. The van der Waals surface area contributed by atoms with Gasteiger partial charge >= 0.3 is 6.09 Å². The quantitative estimate of drug-likeness (QED) is 0.778. The predicted octanol–water partition coefficient (Wildman–Crippen LogP) is 2.25. The van der Waals surface area contributed by atoms with E-state index in [1.807, 2.05) is 37.3 Å². The second-order valence-corrected chi connectivity index (χ2v) is 3.38. The highest BCUT2D eigenvalue weighted by Gasteiger charge is 2.33. The van der Waals surface area contributed by atoms with Crippen molar-refractivity contribution < 1.29 is 9.53 Å². The molecular weight excluding hydrogens is 178 g/mol. The van der Waals surface area contributed by atoms with Gasteiger partial charge < -0.3 is 10.1 Å². The Hall–Kier alpha value is -1.51. The van der Waals surface area contributed by atoms with Gasteiger partial charge in [0, 0.05) is 0 Å². The van der Waals surface area contributed by atoms with Crippen LogP contribution in [-0.4, -0.2) is 12.2 Å². The summed E-state index contributed by atoms with van der Waals surface area (Å²) in [6, 6.07) is 9.90. The van der Waals surface area contributed by atoms with Gasteiger partial charge in [0.2, 0.25) is 0 Å². The molecule has 1 aromatic carbocycles. The third kappa shape index (κ3) is 1.58. The van der Waals surface area contributed by atoms with Crippen LogP contribution in [-0.2, 0) is 4.74 Å². The molecule has 0 spiro atoms. The smallest absolute Gasteiger partial charge is 0.408 e. The molecular formula is C11H13NO2. The van der Waals surface area contributed by atoms with Crippen molar-refractivity contribution in [2.45, 2.75) is 25.5 Å². The van der Waals surface area contributed by atoms with Crippen molar-refractivity contribution in [1.82, 2.24) is 5.32 Å². The van der Waals surface area contributed by atoms with E-state index in [1.54, 1.807) is 0 Å². The van der Waals surface area contributed by atoms with E-state index >= 15 is 0 Å². The predicted molar refractivity (Wildman–Crippen MR) is 52.9 cm³/mol. The average Bonchev–Trinajstić information content (AvgIpc) is 2.61. The van der Waals surface area contributed by atoms with Gasteiger partial charge in [-0.15, -0.1) is 0 Å². The molecule has 1 aliphatic heterocycles. The number of amides is 1. The first-order valence-corrected chi connectivity index (χ1v) is 4.83. The number of alkyl carbamates (subject to hydrolysis) is 1. The molecule has 1 fully saturated rings. The van der Waals surface area contributed by atoms with Gasteiger partial charge in [-0.25, -0.2) is 4.79 Å². The number of carbonyl (C=O) groups is 1. The summed E-state index contributed by atoms with van der Waals surface area (Å²) in [7, 11) is 0. The summed E-state index contributed by atoms with van der Waals surface area (Å²) in [6.45, 7) is 2.01. The van der Waals surface area contributed by atoms with E-state index in [0.717, 1.165) is 12.0 Å². The Kier molecular flexibility index (Phi) is 2.39. The maximum Gasteiger partial charge on any atom is 0.408 e. The van der Waals surface area contributed by atoms with Crippen LogP contribution in [0.5, 0.6) is 0 Å². The van der Waals surface area contributed by atoms with E-state index in [-0.39, 0.29) is 18.2 Å². The molecule has 3 nitrogen and oxygen atoms in total. The van der Waals surface area contributed by atoms with Gasteiger partial charge in [0.15, 0.2) is 0 Å². The van der Waals surface area contributed by atoms with Crippen LogP contribution in [0.2, 0.25) is 0 Å². The molecule has 0 aromatic heterocycles. The molecule has 1 aliphatic rings. The van der Waals surface area contributed by atoms with Gasteiger partial charge in [-0.2, -0.15) is 0 Å². The van der Waals surface area contributed by atoms with Crippen LogP contribution in [0, 0.1) is 0 Å². The van der Waals surface area contributed by atoms with Gasteiger partial charge in [-0.05, 0) is 12.0 Å². The Balaban J connectivity index is 2.22. The molecule has 14 heavy (non-hydrogen) atoms. The zero-order valence-corrected chi connectivity index (χ0v) is 8.07. The van der Waals surface area contributed by atoms with E-state index in [0.29, 0.717) is 0 Å². The normalized spacial score (nSPS) is 25.6. The molecule has 1 N–H and O–H groups in total. The minimum atomic E-state index is -0.314. The summed E-state index contributed by atoms with van der Waals surface area (Å²) in [5, 5.41) is 2.81. The second-order valence-electron chi connectivity index (χ2n) is 3.38. The number of rotatable bonds is 2. The average molecular weight is 191 g/mol. The fourth-order valence-corrected chi connectivity index (χ4v) is 1.74. The van der Waals surface area contributed by atoms with Crippen LogP contribution in [0.4, 0.5) is 4.79 Å². The number of nitrogens with one attached hydrogen (secondary N) is 1.